The molecule has 2 atom stereocenters. The van der Waals surface area contributed by atoms with Crippen LogP contribution < -0.4 is 0 Å². The van der Waals surface area contributed by atoms with Crippen LogP contribution in [0.1, 0.15) is 24.4 Å². The molecule has 0 radical (unpaired) electrons. The lowest BCUT2D eigenvalue weighted by Gasteiger charge is -2.42. The second-order valence-corrected chi connectivity index (χ2v) is 6.27. The number of aromatic nitrogens is 2. The molecule has 1 amide bonds. The van der Waals surface area contributed by atoms with Crippen LogP contribution in [0.15, 0.2) is 12.4 Å². The van der Waals surface area contributed by atoms with E-state index in [1.54, 1.807) is 24.1 Å². The molecule has 1 aliphatic heterocycles. The summed E-state index contributed by atoms with van der Waals surface area (Å²) in [5.74, 6) is -0.506. The largest absolute Gasteiger partial charge is 0.389 e. The van der Waals surface area contributed by atoms with Gasteiger partial charge in [0.25, 0.3) is 0 Å². The molecule has 0 aliphatic carbocycles. The minimum atomic E-state index is -4.34. The number of aryl methyl sites for hydroxylation is 1. The first kappa shape index (κ1) is 18.7. The molecule has 0 N–H and O–H groups in total. The number of nitrogens with zero attached hydrogens (tertiary/aromatic N) is 4. The summed E-state index contributed by atoms with van der Waals surface area (Å²) >= 11 is 0. The van der Waals surface area contributed by atoms with Gasteiger partial charge in [0.1, 0.15) is 0 Å². The molecule has 1 aromatic heterocycles. The fraction of sp³-hybridized carbons (Fsp3) is 0.733. The molecule has 0 bridgehead atoms. The van der Waals surface area contributed by atoms with Crippen molar-refractivity contribution in [2.45, 2.75) is 31.2 Å². The Kier molecular flexibility index (Phi) is 5.87. The van der Waals surface area contributed by atoms with Crippen molar-refractivity contribution in [2.75, 3.05) is 33.8 Å². The van der Waals surface area contributed by atoms with E-state index < -0.39 is 31.0 Å². The Morgan fingerprint density at radius 2 is 2.17 bits per heavy atom. The predicted octanol–water partition coefficient (Wildman–Crippen LogP) is 1.59. The van der Waals surface area contributed by atoms with Gasteiger partial charge < -0.3 is 14.5 Å². The molecule has 0 aromatic carbocycles. The van der Waals surface area contributed by atoms with Gasteiger partial charge in [-0.05, 0) is 14.1 Å². The van der Waals surface area contributed by atoms with E-state index in [1.807, 2.05) is 19.0 Å². The van der Waals surface area contributed by atoms with Crippen molar-refractivity contribution < 1.29 is 22.7 Å². The Bertz CT molecular complexity index is 559. The van der Waals surface area contributed by atoms with Gasteiger partial charge in [-0.25, -0.2) is 0 Å². The van der Waals surface area contributed by atoms with Crippen molar-refractivity contribution in [3.8, 4) is 0 Å². The van der Waals surface area contributed by atoms with E-state index >= 15 is 0 Å². The lowest BCUT2D eigenvalue weighted by molar-refractivity contribution is -0.159. The second-order valence-electron chi connectivity index (χ2n) is 6.27. The zero-order valence-corrected chi connectivity index (χ0v) is 14.1. The minimum Gasteiger partial charge on any atom is -0.373 e. The van der Waals surface area contributed by atoms with E-state index in [1.165, 1.54) is 4.90 Å². The summed E-state index contributed by atoms with van der Waals surface area (Å²) in [6, 6.07) is -0.435. The van der Waals surface area contributed by atoms with E-state index in [0.717, 1.165) is 5.56 Å². The number of halogens is 3. The zero-order valence-electron chi connectivity index (χ0n) is 14.1. The first-order valence-electron chi connectivity index (χ1n) is 7.78. The lowest BCUT2D eigenvalue weighted by Crippen LogP contribution is -2.51. The minimum absolute atomic E-state index is 0.278. The molecular formula is C15H23F3N4O2. The molecule has 136 valence electrons. The highest BCUT2D eigenvalue weighted by atomic mass is 19.4. The summed E-state index contributed by atoms with van der Waals surface area (Å²) in [7, 11) is 5.52. The van der Waals surface area contributed by atoms with Crippen molar-refractivity contribution in [1.82, 2.24) is 19.6 Å². The van der Waals surface area contributed by atoms with Gasteiger partial charge in [0, 0.05) is 38.3 Å². The fourth-order valence-electron chi connectivity index (χ4n) is 2.91. The summed E-state index contributed by atoms with van der Waals surface area (Å²) in [6.45, 7) is 1.15. The number of hydrogen-bond acceptors (Lipinski definition) is 4. The molecule has 1 fully saturated rings. The third-order valence-corrected chi connectivity index (χ3v) is 3.91. The highest BCUT2D eigenvalue weighted by Gasteiger charge is 2.38. The normalized spacial score (nSPS) is 22.2. The highest BCUT2D eigenvalue weighted by molar-refractivity contribution is 5.77. The van der Waals surface area contributed by atoms with E-state index in [9.17, 15) is 18.0 Å². The standard InChI is InChI=1S/C15H23F3N4O2/c1-20(2)10-12-14(11-8-19-21(3)9-11)22(6-7-24-12)13(23)4-5-15(16,17)18/h8-9,12,14H,4-7,10H2,1-3H3/t12-,14-/m0/s1. The molecule has 24 heavy (non-hydrogen) atoms. The Balaban J connectivity index is 2.21. The van der Waals surface area contributed by atoms with Gasteiger partial charge in [-0.1, -0.05) is 0 Å². The van der Waals surface area contributed by atoms with Crippen LogP contribution >= 0.6 is 0 Å². The van der Waals surface area contributed by atoms with E-state index in [4.69, 9.17) is 4.74 Å². The van der Waals surface area contributed by atoms with Crippen LogP contribution in [0.5, 0.6) is 0 Å². The molecule has 1 aliphatic rings. The molecule has 1 aromatic rings. The monoisotopic (exact) mass is 348 g/mol. The van der Waals surface area contributed by atoms with E-state index in [2.05, 4.69) is 5.10 Å². The Labute approximate surface area is 139 Å². The van der Waals surface area contributed by atoms with Crippen molar-refractivity contribution in [3.63, 3.8) is 0 Å². The Morgan fingerprint density at radius 3 is 2.71 bits per heavy atom. The number of alkyl halides is 3. The summed E-state index contributed by atoms with van der Waals surface area (Å²) in [4.78, 5) is 15.8. The van der Waals surface area contributed by atoms with Gasteiger partial charge in [0.2, 0.25) is 5.91 Å². The summed E-state index contributed by atoms with van der Waals surface area (Å²) in [6.07, 6.45) is -2.91. The maximum Gasteiger partial charge on any atom is 0.389 e. The van der Waals surface area contributed by atoms with Crippen molar-refractivity contribution in [1.29, 1.82) is 0 Å². The average molecular weight is 348 g/mol. The number of hydrogen-bond donors (Lipinski definition) is 0. The van der Waals surface area contributed by atoms with Crippen LogP contribution in [0.4, 0.5) is 13.2 Å². The van der Waals surface area contributed by atoms with E-state index in [0.29, 0.717) is 13.2 Å². The van der Waals surface area contributed by atoms with Gasteiger partial charge in [0.15, 0.2) is 0 Å². The van der Waals surface area contributed by atoms with E-state index in [-0.39, 0.29) is 12.6 Å². The number of morpholine rings is 1. The molecule has 0 saturated carbocycles. The van der Waals surface area contributed by atoms with Crippen LogP contribution in [0.2, 0.25) is 0 Å². The molecule has 6 nitrogen and oxygen atoms in total. The van der Waals surface area contributed by atoms with Gasteiger partial charge >= 0.3 is 6.18 Å². The second kappa shape index (κ2) is 7.52. The summed E-state index contributed by atoms with van der Waals surface area (Å²) in [5.41, 5.74) is 0.768. The van der Waals surface area contributed by atoms with Crippen LogP contribution in [0.25, 0.3) is 0 Å². The summed E-state index contributed by atoms with van der Waals surface area (Å²) < 4.78 is 44.7. The lowest BCUT2D eigenvalue weighted by atomic mass is 9.99. The number of amides is 1. The van der Waals surface area contributed by atoms with Gasteiger partial charge in [0.05, 0.1) is 31.4 Å². The fourth-order valence-corrected chi connectivity index (χ4v) is 2.91. The third kappa shape index (κ3) is 4.94. The maximum atomic E-state index is 12.4. The number of carbonyl (C=O) groups is 1. The molecule has 2 heterocycles. The molecule has 1 saturated heterocycles. The average Bonchev–Trinajstić information content (AvgIpc) is 2.89. The predicted molar refractivity (Wildman–Crippen MR) is 81.2 cm³/mol. The first-order chi connectivity index (χ1) is 11.2. The van der Waals surface area contributed by atoms with Crippen molar-refractivity contribution >= 4 is 5.91 Å². The summed E-state index contributed by atoms with van der Waals surface area (Å²) in [5, 5.41) is 4.11. The Hall–Kier alpha value is -1.61. The number of ether oxygens (including phenoxy) is 1. The first-order valence-corrected chi connectivity index (χ1v) is 7.78. The molecule has 2 rings (SSSR count). The Morgan fingerprint density at radius 1 is 1.46 bits per heavy atom. The van der Waals surface area contributed by atoms with Crippen LogP contribution in [-0.4, -0.2) is 71.6 Å². The zero-order chi connectivity index (χ0) is 17.9. The quantitative estimate of drug-likeness (QED) is 0.811. The molecule has 0 spiro atoms. The van der Waals surface area contributed by atoms with Crippen molar-refractivity contribution in [2.24, 2.45) is 7.05 Å². The van der Waals surface area contributed by atoms with Crippen LogP contribution in [0.3, 0.4) is 0 Å². The SMILES string of the molecule is CN(C)C[C@@H]1OCCN(C(=O)CCC(F)(F)F)[C@H]1c1cnn(C)c1. The molecular weight excluding hydrogens is 325 g/mol. The number of likely N-dealkylation sites (N-methyl/N-ethyl adjacent to an activating group) is 1. The van der Waals surface area contributed by atoms with Crippen LogP contribution in [-0.2, 0) is 16.6 Å². The molecule has 0 unspecified atom stereocenters. The van der Waals surface area contributed by atoms with Crippen LogP contribution in [0, 0.1) is 0 Å². The van der Waals surface area contributed by atoms with Gasteiger partial charge in [-0.3, -0.25) is 9.48 Å². The van der Waals surface area contributed by atoms with Gasteiger partial charge in [-0.2, -0.15) is 18.3 Å². The molecule has 9 heteroatoms. The number of rotatable bonds is 5. The van der Waals surface area contributed by atoms with Crippen molar-refractivity contribution in [3.05, 3.63) is 18.0 Å². The van der Waals surface area contributed by atoms with Gasteiger partial charge in [-0.15, -0.1) is 0 Å². The number of carbonyl (C=O) groups excluding carboxylic acids is 1. The smallest absolute Gasteiger partial charge is 0.373 e. The highest BCUT2D eigenvalue weighted by Crippen LogP contribution is 2.31. The topological polar surface area (TPSA) is 50.6 Å². The maximum absolute atomic E-state index is 12.4. The third-order valence-electron chi connectivity index (χ3n) is 3.91.